The minimum absolute atomic E-state index is 0.555. The number of aryl methyl sites for hydroxylation is 1. The highest BCUT2D eigenvalue weighted by molar-refractivity contribution is 5.80. The van der Waals surface area contributed by atoms with Gasteiger partial charge in [0.1, 0.15) is 5.75 Å². The summed E-state index contributed by atoms with van der Waals surface area (Å²) in [6.45, 7) is 1.98. The summed E-state index contributed by atoms with van der Waals surface area (Å²) >= 11 is 0. The third-order valence-electron chi connectivity index (χ3n) is 3.06. The van der Waals surface area contributed by atoms with Crippen molar-refractivity contribution < 1.29 is 14.6 Å². The van der Waals surface area contributed by atoms with Gasteiger partial charge in [-0.1, -0.05) is 35.9 Å². The molecule has 0 aromatic heterocycles. The second-order valence-electron chi connectivity index (χ2n) is 4.52. The minimum Gasteiger partial charge on any atom is -0.496 e. The number of ether oxygens (including phenoxy) is 1. The average molecular weight is 271 g/mol. The van der Waals surface area contributed by atoms with E-state index in [-0.39, 0.29) is 0 Å². The molecule has 2 N–H and O–H groups in total. The Morgan fingerprint density at radius 1 is 1.15 bits per heavy atom. The van der Waals surface area contributed by atoms with Crippen LogP contribution in [0.15, 0.2) is 48.5 Å². The van der Waals surface area contributed by atoms with Crippen LogP contribution in [0.1, 0.15) is 17.2 Å². The van der Waals surface area contributed by atoms with Crippen LogP contribution in [0.25, 0.3) is 0 Å². The molecule has 2 aromatic carbocycles. The molecule has 0 saturated carbocycles. The van der Waals surface area contributed by atoms with E-state index in [1.54, 1.807) is 18.2 Å². The number of anilines is 1. The van der Waals surface area contributed by atoms with Gasteiger partial charge in [-0.25, -0.2) is 4.79 Å². The van der Waals surface area contributed by atoms with Crippen molar-refractivity contribution in [3.05, 3.63) is 59.7 Å². The average Bonchev–Trinajstić information content (AvgIpc) is 2.46. The zero-order valence-electron chi connectivity index (χ0n) is 11.5. The van der Waals surface area contributed by atoms with Crippen molar-refractivity contribution >= 4 is 11.7 Å². The second kappa shape index (κ2) is 6.10. The minimum atomic E-state index is -0.949. The third-order valence-corrected chi connectivity index (χ3v) is 3.06. The Morgan fingerprint density at radius 3 is 2.40 bits per heavy atom. The van der Waals surface area contributed by atoms with Gasteiger partial charge >= 0.3 is 5.97 Å². The van der Waals surface area contributed by atoms with Crippen molar-refractivity contribution in [3.8, 4) is 5.75 Å². The van der Waals surface area contributed by atoms with E-state index >= 15 is 0 Å². The Bertz CT molecular complexity index is 593. The first-order valence-electron chi connectivity index (χ1n) is 6.30. The lowest BCUT2D eigenvalue weighted by atomic mass is 10.1. The second-order valence-corrected chi connectivity index (χ2v) is 4.52. The van der Waals surface area contributed by atoms with Crippen LogP contribution in [0.5, 0.6) is 5.75 Å². The number of benzene rings is 2. The quantitative estimate of drug-likeness (QED) is 0.876. The van der Waals surface area contributed by atoms with Gasteiger partial charge < -0.3 is 15.2 Å². The lowest BCUT2D eigenvalue weighted by Crippen LogP contribution is -2.21. The fraction of sp³-hybridized carbons (Fsp3) is 0.188. The van der Waals surface area contributed by atoms with Crippen LogP contribution in [0.3, 0.4) is 0 Å². The van der Waals surface area contributed by atoms with E-state index in [2.05, 4.69) is 5.32 Å². The van der Waals surface area contributed by atoms with Crippen LogP contribution in [-0.2, 0) is 4.79 Å². The molecule has 0 amide bonds. The first-order valence-corrected chi connectivity index (χ1v) is 6.30. The summed E-state index contributed by atoms with van der Waals surface area (Å²) in [4.78, 5) is 11.5. The molecule has 2 rings (SSSR count). The van der Waals surface area contributed by atoms with Crippen LogP contribution in [0.4, 0.5) is 5.69 Å². The summed E-state index contributed by atoms with van der Waals surface area (Å²) in [6, 6.07) is 13.8. The molecule has 0 spiro atoms. The molecular weight excluding hydrogens is 254 g/mol. The fourth-order valence-electron chi connectivity index (χ4n) is 1.99. The topological polar surface area (TPSA) is 58.6 Å². The molecular formula is C16H17NO3. The first-order chi connectivity index (χ1) is 9.61. The Labute approximate surface area is 118 Å². The molecule has 104 valence electrons. The van der Waals surface area contributed by atoms with Gasteiger partial charge in [0.05, 0.1) is 7.11 Å². The number of carboxylic acids is 1. The maximum absolute atomic E-state index is 11.5. The largest absolute Gasteiger partial charge is 0.496 e. The van der Waals surface area contributed by atoms with Crippen molar-refractivity contribution in [2.45, 2.75) is 13.0 Å². The van der Waals surface area contributed by atoms with Crippen LogP contribution in [0.2, 0.25) is 0 Å². The van der Waals surface area contributed by atoms with Crippen molar-refractivity contribution in [3.63, 3.8) is 0 Å². The Kier molecular flexibility index (Phi) is 4.25. The summed E-state index contributed by atoms with van der Waals surface area (Å²) in [5, 5.41) is 12.5. The predicted octanol–water partition coefficient (Wildman–Crippen LogP) is 3.24. The number of nitrogens with one attached hydrogen (secondary N) is 1. The molecule has 4 nitrogen and oxygen atoms in total. The van der Waals surface area contributed by atoms with Gasteiger partial charge in [0, 0.05) is 11.3 Å². The zero-order chi connectivity index (χ0) is 14.5. The van der Waals surface area contributed by atoms with E-state index in [0.29, 0.717) is 11.3 Å². The number of carboxylic acid groups (broad SMARTS) is 1. The maximum atomic E-state index is 11.5. The number of carbonyl (C=O) groups is 1. The third kappa shape index (κ3) is 3.09. The summed E-state index contributed by atoms with van der Waals surface area (Å²) in [6.07, 6.45) is 0. The summed E-state index contributed by atoms with van der Waals surface area (Å²) in [5.41, 5.74) is 2.48. The molecule has 20 heavy (non-hydrogen) atoms. The zero-order valence-corrected chi connectivity index (χ0v) is 11.5. The highest BCUT2D eigenvalue weighted by atomic mass is 16.5. The van der Waals surface area contributed by atoms with E-state index in [1.165, 1.54) is 7.11 Å². The van der Waals surface area contributed by atoms with Crippen molar-refractivity contribution in [1.29, 1.82) is 0 Å². The van der Waals surface area contributed by atoms with Crippen LogP contribution in [-0.4, -0.2) is 18.2 Å². The molecule has 0 aliphatic rings. The van der Waals surface area contributed by atoms with E-state index in [9.17, 15) is 9.90 Å². The normalized spacial score (nSPS) is 11.7. The molecule has 0 heterocycles. The van der Waals surface area contributed by atoms with Crippen molar-refractivity contribution in [1.82, 2.24) is 0 Å². The number of para-hydroxylation sites is 1. The van der Waals surface area contributed by atoms with E-state index in [1.807, 2.05) is 37.3 Å². The van der Waals surface area contributed by atoms with Gasteiger partial charge in [0.2, 0.25) is 0 Å². The lowest BCUT2D eigenvalue weighted by Gasteiger charge is -2.18. The van der Waals surface area contributed by atoms with Gasteiger partial charge in [-0.05, 0) is 25.1 Å². The highest BCUT2D eigenvalue weighted by Crippen LogP contribution is 2.28. The SMILES string of the molecule is COc1ccccc1C(Nc1ccc(C)cc1)C(=O)O. The Morgan fingerprint density at radius 2 is 1.80 bits per heavy atom. The van der Waals surface area contributed by atoms with Gasteiger partial charge in [-0.2, -0.15) is 0 Å². The molecule has 0 saturated heterocycles. The standard InChI is InChI=1S/C16H17NO3/c1-11-7-9-12(10-8-11)17-15(16(18)19)13-5-3-4-6-14(13)20-2/h3-10,15,17H,1-2H3,(H,18,19). The highest BCUT2D eigenvalue weighted by Gasteiger charge is 2.22. The smallest absolute Gasteiger partial charge is 0.330 e. The maximum Gasteiger partial charge on any atom is 0.330 e. The van der Waals surface area contributed by atoms with E-state index < -0.39 is 12.0 Å². The van der Waals surface area contributed by atoms with Crippen molar-refractivity contribution in [2.75, 3.05) is 12.4 Å². The Hall–Kier alpha value is -2.49. The molecule has 2 aromatic rings. The Balaban J connectivity index is 2.32. The molecule has 0 bridgehead atoms. The number of hydrogen-bond donors (Lipinski definition) is 2. The molecule has 0 radical (unpaired) electrons. The number of methoxy groups -OCH3 is 1. The molecule has 0 fully saturated rings. The van der Waals surface area contributed by atoms with Gasteiger partial charge in [-0.3, -0.25) is 0 Å². The lowest BCUT2D eigenvalue weighted by molar-refractivity contribution is -0.138. The number of aliphatic carboxylic acids is 1. The van der Waals surface area contributed by atoms with E-state index in [0.717, 1.165) is 11.3 Å². The van der Waals surface area contributed by atoms with Gasteiger partial charge in [0.25, 0.3) is 0 Å². The molecule has 1 atom stereocenters. The number of rotatable bonds is 5. The fourth-order valence-corrected chi connectivity index (χ4v) is 1.99. The molecule has 4 heteroatoms. The first kappa shape index (κ1) is 13.9. The number of hydrogen-bond acceptors (Lipinski definition) is 3. The predicted molar refractivity (Wildman–Crippen MR) is 78.2 cm³/mol. The summed E-state index contributed by atoms with van der Waals surface area (Å²) in [7, 11) is 1.53. The van der Waals surface area contributed by atoms with Crippen molar-refractivity contribution in [2.24, 2.45) is 0 Å². The van der Waals surface area contributed by atoms with Crippen LogP contribution >= 0.6 is 0 Å². The van der Waals surface area contributed by atoms with Gasteiger partial charge in [-0.15, -0.1) is 0 Å². The molecule has 1 unspecified atom stereocenters. The molecule has 0 aliphatic carbocycles. The summed E-state index contributed by atoms with van der Waals surface area (Å²) < 4.78 is 5.23. The molecule has 0 aliphatic heterocycles. The monoisotopic (exact) mass is 271 g/mol. The van der Waals surface area contributed by atoms with Crippen LogP contribution in [0, 0.1) is 6.92 Å². The van der Waals surface area contributed by atoms with Gasteiger partial charge in [0.15, 0.2) is 6.04 Å². The summed E-state index contributed by atoms with van der Waals surface area (Å²) in [5.74, 6) is -0.394. The van der Waals surface area contributed by atoms with E-state index in [4.69, 9.17) is 4.74 Å². The van der Waals surface area contributed by atoms with Crippen LogP contribution < -0.4 is 10.1 Å².